The molecule has 0 saturated heterocycles. The molecule has 0 bridgehead atoms. The molecule has 0 amide bonds. The number of nitrogens with two attached hydrogens (primary N) is 1. The molecular weight excluding hydrogens is 228 g/mol. The number of rotatable bonds is 2. The van der Waals surface area contributed by atoms with Crippen LogP contribution in [-0.4, -0.2) is 0 Å². The third kappa shape index (κ3) is 1.99. The predicted octanol–water partition coefficient (Wildman–Crippen LogP) is 3.38. The molecule has 0 aliphatic heterocycles. The van der Waals surface area contributed by atoms with Crippen molar-refractivity contribution in [2.75, 3.05) is 0 Å². The predicted molar refractivity (Wildman–Crippen MR) is 61.4 cm³/mol. The minimum Gasteiger partial charge on any atom is -0.320 e. The van der Waals surface area contributed by atoms with E-state index in [2.05, 4.69) is 0 Å². The first-order chi connectivity index (χ1) is 7.59. The number of hydrogen-bond acceptors (Lipinski definition) is 2. The van der Waals surface area contributed by atoms with Crippen molar-refractivity contribution in [2.45, 2.75) is 13.0 Å². The first-order valence-corrected chi connectivity index (χ1v) is 5.72. The highest BCUT2D eigenvalue weighted by Gasteiger charge is 2.17. The molecular formula is C12H11F2NS. The maximum absolute atomic E-state index is 13.5. The van der Waals surface area contributed by atoms with Gasteiger partial charge in [0.2, 0.25) is 0 Å². The van der Waals surface area contributed by atoms with Crippen LogP contribution in [0, 0.1) is 18.6 Å². The van der Waals surface area contributed by atoms with Crippen LogP contribution in [0.1, 0.15) is 22.0 Å². The minimum atomic E-state index is -0.601. The van der Waals surface area contributed by atoms with Crippen molar-refractivity contribution >= 4 is 11.3 Å². The van der Waals surface area contributed by atoms with Gasteiger partial charge in [-0.3, -0.25) is 0 Å². The average molecular weight is 239 g/mol. The topological polar surface area (TPSA) is 26.0 Å². The number of hydrogen-bond donors (Lipinski definition) is 1. The Morgan fingerprint density at radius 2 is 2.00 bits per heavy atom. The van der Waals surface area contributed by atoms with Gasteiger partial charge in [0.1, 0.15) is 11.6 Å². The van der Waals surface area contributed by atoms with E-state index < -0.39 is 17.7 Å². The second kappa shape index (κ2) is 4.31. The molecule has 0 saturated carbocycles. The van der Waals surface area contributed by atoms with Gasteiger partial charge in [-0.25, -0.2) is 8.78 Å². The monoisotopic (exact) mass is 239 g/mol. The lowest BCUT2D eigenvalue weighted by Gasteiger charge is -2.12. The van der Waals surface area contributed by atoms with Gasteiger partial charge in [-0.05, 0) is 42.1 Å². The van der Waals surface area contributed by atoms with Crippen LogP contribution in [0.5, 0.6) is 0 Å². The summed E-state index contributed by atoms with van der Waals surface area (Å²) in [6, 6.07) is 4.66. The van der Waals surface area contributed by atoms with E-state index in [1.807, 2.05) is 18.4 Å². The van der Waals surface area contributed by atoms with Crippen LogP contribution >= 0.6 is 11.3 Å². The van der Waals surface area contributed by atoms with Crippen LogP contribution in [0.25, 0.3) is 0 Å². The van der Waals surface area contributed by atoms with Crippen molar-refractivity contribution in [2.24, 2.45) is 5.73 Å². The summed E-state index contributed by atoms with van der Waals surface area (Å²) in [5.74, 6) is -0.942. The van der Waals surface area contributed by atoms with Gasteiger partial charge in [-0.15, -0.1) is 11.3 Å². The van der Waals surface area contributed by atoms with Gasteiger partial charge in [0.15, 0.2) is 0 Å². The summed E-state index contributed by atoms with van der Waals surface area (Å²) >= 11 is 1.45. The van der Waals surface area contributed by atoms with Crippen molar-refractivity contribution < 1.29 is 8.78 Å². The molecule has 0 radical (unpaired) electrons. The Hall–Kier alpha value is -1.26. The van der Waals surface area contributed by atoms with Crippen molar-refractivity contribution in [1.29, 1.82) is 0 Å². The molecule has 2 rings (SSSR count). The number of halogens is 2. The molecule has 0 aliphatic rings. The molecule has 2 aromatic rings. The molecule has 4 heteroatoms. The third-order valence-electron chi connectivity index (χ3n) is 2.48. The zero-order chi connectivity index (χ0) is 11.7. The van der Waals surface area contributed by atoms with Gasteiger partial charge < -0.3 is 5.73 Å². The van der Waals surface area contributed by atoms with E-state index in [1.165, 1.54) is 11.3 Å². The summed E-state index contributed by atoms with van der Waals surface area (Å²) in [5.41, 5.74) is 7.14. The smallest absolute Gasteiger partial charge is 0.128 e. The Balaban J connectivity index is 2.45. The maximum atomic E-state index is 13.5. The second-order valence-corrected chi connectivity index (χ2v) is 4.56. The molecule has 1 unspecified atom stereocenters. The highest BCUT2D eigenvalue weighted by atomic mass is 32.1. The normalized spacial score (nSPS) is 12.8. The van der Waals surface area contributed by atoms with Gasteiger partial charge in [0, 0.05) is 10.4 Å². The second-order valence-electron chi connectivity index (χ2n) is 3.61. The molecule has 1 nitrogen and oxygen atoms in total. The summed E-state index contributed by atoms with van der Waals surface area (Å²) in [6.45, 7) is 1.91. The van der Waals surface area contributed by atoms with Crippen LogP contribution in [-0.2, 0) is 0 Å². The van der Waals surface area contributed by atoms with Gasteiger partial charge in [-0.1, -0.05) is 0 Å². The average Bonchev–Trinajstić information content (AvgIpc) is 2.67. The van der Waals surface area contributed by atoms with Crippen molar-refractivity contribution in [3.05, 3.63) is 57.3 Å². The van der Waals surface area contributed by atoms with Crippen molar-refractivity contribution in [1.82, 2.24) is 0 Å². The molecule has 1 aromatic carbocycles. The molecule has 1 heterocycles. The van der Waals surface area contributed by atoms with Gasteiger partial charge in [-0.2, -0.15) is 0 Å². The summed E-state index contributed by atoms with van der Waals surface area (Å²) in [7, 11) is 0. The van der Waals surface area contributed by atoms with E-state index in [0.29, 0.717) is 0 Å². The van der Waals surface area contributed by atoms with E-state index in [0.717, 1.165) is 28.6 Å². The highest BCUT2D eigenvalue weighted by molar-refractivity contribution is 7.10. The molecule has 2 N–H and O–H groups in total. The Morgan fingerprint density at radius 3 is 2.62 bits per heavy atom. The van der Waals surface area contributed by atoms with E-state index in [1.54, 1.807) is 0 Å². The van der Waals surface area contributed by atoms with Gasteiger partial charge in [0.05, 0.1) is 6.04 Å². The lowest BCUT2D eigenvalue weighted by atomic mass is 10.0. The minimum absolute atomic E-state index is 0.200. The van der Waals surface area contributed by atoms with E-state index >= 15 is 0 Å². The van der Waals surface area contributed by atoms with Crippen LogP contribution in [0.4, 0.5) is 8.78 Å². The number of thiophene rings is 1. The summed E-state index contributed by atoms with van der Waals surface area (Å²) in [5, 5.41) is 1.89. The zero-order valence-corrected chi connectivity index (χ0v) is 9.52. The first-order valence-electron chi connectivity index (χ1n) is 4.84. The summed E-state index contributed by atoms with van der Waals surface area (Å²) < 4.78 is 26.5. The van der Waals surface area contributed by atoms with E-state index in [9.17, 15) is 8.78 Å². The largest absolute Gasteiger partial charge is 0.320 e. The quantitative estimate of drug-likeness (QED) is 0.854. The van der Waals surface area contributed by atoms with E-state index in [-0.39, 0.29) is 5.56 Å². The Kier molecular flexibility index (Phi) is 3.03. The molecule has 0 aliphatic carbocycles. The van der Waals surface area contributed by atoms with Crippen LogP contribution < -0.4 is 5.73 Å². The fourth-order valence-corrected chi connectivity index (χ4v) is 2.54. The van der Waals surface area contributed by atoms with Crippen LogP contribution in [0.3, 0.4) is 0 Å². The summed E-state index contributed by atoms with van der Waals surface area (Å²) in [4.78, 5) is 0.865. The van der Waals surface area contributed by atoms with Gasteiger partial charge >= 0.3 is 0 Å². The van der Waals surface area contributed by atoms with Crippen LogP contribution in [0.2, 0.25) is 0 Å². The fourth-order valence-electron chi connectivity index (χ4n) is 1.60. The third-order valence-corrected chi connectivity index (χ3v) is 3.58. The van der Waals surface area contributed by atoms with Crippen LogP contribution in [0.15, 0.2) is 29.6 Å². The molecule has 84 valence electrons. The SMILES string of the molecule is Cc1ccsc1C(N)c1cc(F)ccc1F. The highest BCUT2D eigenvalue weighted by Crippen LogP contribution is 2.29. The molecule has 0 fully saturated rings. The maximum Gasteiger partial charge on any atom is 0.128 e. The number of benzene rings is 1. The lowest BCUT2D eigenvalue weighted by molar-refractivity contribution is 0.577. The molecule has 16 heavy (non-hydrogen) atoms. The molecule has 1 atom stereocenters. The fraction of sp³-hybridized carbons (Fsp3) is 0.167. The Labute approximate surface area is 96.5 Å². The Morgan fingerprint density at radius 1 is 1.25 bits per heavy atom. The molecule has 1 aromatic heterocycles. The lowest BCUT2D eigenvalue weighted by Crippen LogP contribution is -2.13. The van der Waals surface area contributed by atoms with Crippen molar-refractivity contribution in [3.8, 4) is 0 Å². The molecule has 0 spiro atoms. The first kappa shape index (κ1) is 11.2. The zero-order valence-electron chi connectivity index (χ0n) is 8.71. The summed E-state index contributed by atoms with van der Waals surface area (Å²) in [6.07, 6.45) is 0. The van der Waals surface area contributed by atoms with E-state index in [4.69, 9.17) is 5.73 Å². The standard InChI is InChI=1S/C12H11F2NS/c1-7-4-5-16-12(7)11(15)9-6-8(13)2-3-10(9)14/h2-6,11H,15H2,1H3. The number of aryl methyl sites for hydroxylation is 1. The Bertz CT molecular complexity index is 507. The van der Waals surface area contributed by atoms with Gasteiger partial charge in [0.25, 0.3) is 0 Å². The van der Waals surface area contributed by atoms with Crippen molar-refractivity contribution in [3.63, 3.8) is 0 Å².